The third-order valence-electron chi connectivity index (χ3n) is 4.94. The van der Waals surface area contributed by atoms with Crippen LogP contribution in [-0.4, -0.2) is 41.9 Å². The maximum atomic E-state index is 13.4. The van der Waals surface area contributed by atoms with E-state index in [1.807, 2.05) is 66.0 Å². The predicted octanol–water partition coefficient (Wildman–Crippen LogP) is 8.05. The van der Waals surface area contributed by atoms with Crippen LogP contribution in [0.4, 0.5) is 14.6 Å². The van der Waals surface area contributed by atoms with E-state index in [0.717, 1.165) is 30.5 Å². The van der Waals surface area contributed by atoms with Crippen molar-refractivity contribution in [2.24, 2.45) is 0 Å². The number of hydrogen-bond donors (Lipinski definition) is 1. The topological polar surface area (TPSA) is 80.8 Å². The molecule has 1 atom stereocenters. The number of fused-ring (bicyclic) bond motifs is 1. The Morgan fingerprint density at radius 1 is 1.13 bits per heavy atom. The second-order valence-electron chi connectivity index (χ2n) is 12.5. The fourth-order valence-electron chi connectivity index (χ4n) is 3.46. The summed E-state index contributed by atoms with van der Waals surface area (Å²) in [6.07, 6.45) is -0.295. The Kier molecular flexibility index (Phi) is 9.58. The van der Waals surface area contributed by atoms with Crippen LogP contribution in [0.25, 0.3) is 10.2 Å². The van der Waals surface area contributed by atoms with Crippen LogP contribution in [0.2, 0.25) is 19.6 Å². The first-order valence-corrected chi connectivity index (χ1v) is 18.9. The van der Waals surface area contributed by atoms with Gasteiger partial charge in [-0.2, -0.15) is 4.37 Å². The molecule has 0 bridgehead atoms. The maximum absolute atomic E-state index is 13.4. The number of carbonyl (C=O) groups is 2. The minimum absolute atomic E-state index is 0.185. The normalized spacial score (nSPS) is 13.0. The summed E-state index contributed by atoms with van der Waals surface area (Å²) in [5.74, 6) is 3.43. The monoisotopic (exact) mass is 605 g/mol. The van der Waals surface area contributed by atoms with Crippen LogP contribution in [-0.2, 0) is 22.4 Å². The smallest absolute Gasteiger partial charge is 0.415 e. The van der Waals surface area contributed by atoms with E-state index < -0.39 is 31.5 Å². The first-order chi connectivity index (χ1) is 17.9. The van der Waals surface area contributed by atoms with Crippen LogP contribution in [0.1, 0.15) is 63.8 Å². The van der Waals surface area contributed by atoms with Crippen molar-refractivity contribution >= 4 is 69.7 Å². The Bertz CT molecular complexity index is 1360. The molecule has 7 nitrogen and oxygen atoms in total. The van der Waals surface area contributed by atoms with Crippen molar-refractivity contribution in [3.63, 3.8) is 0 Å². The van der Waals surface area contributed by atoms with E-state index in [-0.39, 0.29) is 6.04 Å². The zero-order valence-corrected chi connectivity index (χ0v) is 27.9. The van der Waals surface area contributed by atoms with Gasteiger partial charge in [0, 0.05) is 22.2 Å². The highest BCUT2D eigenvalue weighted by molar-refractivity contribution is 7.25. The molecular weight excluding hydrogens is 567 g/mol. The zero-order chi connectivity index (χ0) is 29.2. The molecule has 3 heterocycles. The summed E-state index contributed by atoms with van der Waals surface area (Å²) in [6, 6.07) is 3.80. The summed E-state index contributed by atoms with van der Waals surface area (Å²) >= 11 is 4.46. The molecular formula is C28H39N3O4S3Si. The molecule has 3 aromatic rings. The number of carbonyl (C=O) groups excluding carboxylic acids is 2. The number of anilines is 1. The van der Waals surface area contributed by atoms with Crippen LogP contribution in [0.5, 0.6) is 0 Å². The number of thiophene rings is 2. The molecule has 0 aliphatic carbocycles. The number of aromatic nitrogens is 1. The lowest BCUT2D eigenvalue weighted by molar-refractivity contribution is 0.0507. The molecule has 2 amide bonds. The predicted molar refractivity (Wildman–Crippen MR) is 167 cm³/mol. The van der Waals surface area contributed by atoms with Crippen LogP contribution in [0, 0.1) is 11.5 Å². The van der Waals surface area contributed by atoms with Gasteiger partial charge in [-0.1, -0.05) is 31.6 Å². The standard InChI is InChI=1S/C28H39N3O4S3Si/c1-18(29-25(32)34-27(2,3)4)16-21-20(13-15-39(8,9)10)22-23(37-21)24(38-30-22)31(17-19-12-11-14-36-19)26(33)35-28(5,6)7/h11-12,14,18H,16-17H2,1-10H3,(H,29,32)/t18-/m0/s1. The van der Waals surface area contributed by atoms with E-state index in [2.05, 4.69) is 36.4 Å². The van der Waals surface area contributed by atoms with Crippen molar-refractivity contribution in [3.05, 3.63) is 32.8 Å². The number of ether oxygens (including phenoxy) is 2. The van der Waals surface area contributed by atoms with E-state index in [1.54, 1.807) is 27.6 Å². The number of nitrogens with one attached hydrogen (secondary N) is 1. The van der Waals surface area contributed by atoms with Crippen LogP contribution in [0.15, 0.2) is 17.5 Å². The number of rotatable bonds is 6. The molecule has 0 aliphatic rings. The average molecular weight is 606 g/mol. The van der Waals surface area contributed by atoms with Gasteiger partial charge in [0.05, 0.1) is 16.8 Å². The summed E-state index contributed by atoms with van der Waals surface area (Å²) in [4.78, 5) is 29.5. The minimum atomic E-state index is -1.67. The van der Waals surface area contributed by atoms with E-state index in [1.165, 1.54) is 11.5 Å². The van der Waals surface area contributed by atoms with Gasteiger partial charge >= 0.3 is 12.2 Å². The van der Waals surface area contributed by atoms with Gasteiger partial charge in [-0.15, -0.1) is 28.2 Å². The first-order valence-electron chi connectivity index (χ1n) is 12.9. The lowest BCUT2D eigenvalue weighted by atomic mass is 10.1. The lowest BCUT2D eigenvalue weighted by Gasteiger charge is -2.26. The van der Waals surface area contributed by atoms with Gasteiger partial charge in [0.25, 0.3) is 0 Å². The van der Waals surface area contributed by atoms with Gasteiger partial charge in [0.15, 0.2) is 0 Å². The molecule has 3 rings (SSSR count). The molecule has 0 saturated carbocycles. The third-order valence-corrected chi connectivity index (χ3v) is 8.89. The number of amides is 2. The Hall–Kier alpha value is -2.39. The molecule has 0 spiro atoms. The van der Waals surface area contributed by atoms with Gasteiger partial charge < -0.3 is 14.8 Å². The molecule has 212 valence electrons. The summed E-state index contributed by atoms with van der Waals surface area (Å²) < 4.78 is 16.9. The van der Waals surface area contributed by atoms with Crippen molar-refractivity contribution < 1.29 is 19.1 Å². The molecule has 0 aromatic carbocycles. The quantitative estimate of drug-likeness (QED) is 0.227. The van der Waals surface area contributed by atoms with Gasteiger partial charge in [-0.25, -0.2) is 9.59 Å². The molecule has 1 N–H and O–H groups in total. The fourth-order valence-corrected chi connectivity index (χ4v) is 6.99. The Balaban J connectivity index is 2.04. The molecule has 39 heavy (non-hydrogen) atoms. The first kappa shape index (κ1) is 31.1. The third kappa shape index (κ3) is 9.34. The van der Waals surface area contributed by atoms with Crippen molar-refractivity contribution in [2.45, 2.75) is 98.3 Å². The minimum Gasteiger partial charge on any atom is -0.444 e. The second kappa shape index (κ2) is 12.0. The van der Waals surface area contributed by atoms with E-state index in [9.17, 15) is 9.59 Å². The molecule has 11 heteroatoms. The Labute approximate surface area is 245 Å². The SMILES string of the molecule is C[C@@H](Cc1sc2c(N(Cc3cccs3)C(=O)OC(C)(C)C)snc2c1C#C[Si](C)(C)C)NC(=O)OC(C)(C)C. The average Bonchev–Trinajstić information content (AvgIpc) is 3.44. The largest absolute Gasteiger partial charge is 0.444 e. The molecule has 0 aliphatic heterocycles. The summed E-state index contributed by atoms with van der Waals surface area (Å²) in [5, 5.41) is 5.68. The van der Waals surface area contributed by atoms with E-state index in [4.69, 9.17) is 13.8 Å². The highest BCUT2D eigenvalue weighted by Crippen LogP contribution is 2.42. The van der Waals surface area contributed by atoms with Crippen molar-refractivity contribution in [2.75, 3.05) is 4.90 Å². The van der Waals surface area contributed by atoms with Crippen molar-refractivity contribution in [1.29, 1.82) is 0 Å². The summed E-state index contributed by atoms with van der Waals surface area (Å²) in [6.45, 7) is 20.1. The van der Waals surface area contributed by atoms with E-state index >= 15 is 0 Å². The number of hydrogen-bond acceptors (Lipinski definition) is 8. The Morgan fingerprint density at radius 3 is 2.36 bits per heavy atom. The fraction of sp³-hybridized carbons (Fsp3) is 0.536. The molecule has 0 saturated heterocycles. The van der Waals surface area contributed by atoms with Crippen molar-refractivity contribution in [1.82, 2.24) is 9.69 Å². The van der Waals surface area contributed by atoms with Crippen LogP contribution >= 0.6 is 34.2 Å². The number of alkyl carbamates (subject to hydrolysis) is 1. The highest BCUT2D eigenvalue weighted by atomic mass is 32.1. The van der Waals surface area contributed by atoms with Gasteiger partial charge in [0.1, 0.15) is 29.8 Å². The summed E-state index contributed by atoms with van der Waals surface area (Å²) in [7, 11) is -1.67. The van der Waals surface area contributed by atoms with E-state index in [0.29, 0.717) is 13.0 Å². The maximum Gasteiger partial charge on any atom is 0.415 e. The van der Waals surface area contributed by atoms with Gasteiger partial charge in [0.2, 0.25) is 0 Å². The molecule has 0 fully saturated rings. The molecule has 3 aromatic heterocycles. The van der Waals surface area contributed by atoms with Crippen LogP contribution in [0.3, 0.4) is 0 Å². The summed E-state index contributed by atoms with van der Waals surface area (Å²) in [5.41, 5.74) is 3.94. The lowest BCUT2D eigenvalue weighted by Crippen LogP contribution is -2.38. The van der Waals surface area contributed by atoms with Crippen molar-refractivity contribution in [3.8, 4) is 11.5 Å². The molecule has 0 unspecified atom stereocenters. The van der Waals surface area contributed by atoms with Gasteiger partial charge in [-0.3, -0.25) is 4.90 Å². The van der Waals surface area contributed by atoms with Crippen LogP contribution < -0.4 is 10.2 Å². The Morgan fingerprint density at radius 2 is 1.79 bits per heavy atom. The van der Waals surface area contributed by atoms with Gasteiger partial charge in [-0.05, 0) is 71.4 Å². The molecule has 0 radical (unpaired) electrons. The number of nitrogens with zero attached hydrogens (tertiary/aromatic N) is 2. The zero-order valence-electron chi connectivity index (χ0n) is 24.5. The highest BCUT2D eigenvalue weighted by Gasteiger charge is 2.30. The second-order valence-corrected chi connectivity index (χ2v) is 20.1.